The monoisotopic (exact) mass is 279 g/mol. The highest BCUT2D eigenvalue weighted by Gasteiger charge is 2.30. The lowest BCUT2D eigenvalue weighted by Crippen LogP contribution is -2.43. The van der Waals surface area contributed by atoms with Gasteiger partial charge < -0.3 is 5.32 Å². The molecule has 0 aromatic carbocycles. The van der Waals surface area contributed by atoms with E-state index in [0.717, 1.165) is 43.2 Å². The van der Waals surface area contributed by atoms with E-state index in [-0.39, 0.29) is 11.8 Å². The van der Waals surface area contributed by atoms with Gasteiger partial charge in [0.25, 0.3) is 0 Å². The molecule has 0 spiro atoms. The number of thiazole rings is 1. The molecule has 1 aromatic heterocycles. The maximum Gasteiger partial charge on any atom is 0.224 e. The number of amides is 1. The Hall–Kier alpha value is -0.940. The molecule has 1 aliphatic heterocycles. The fraction of sp³-hybridized carbons (Fsp3) is 0.714. The third-order valence-electron chi connectivity index (χ3n) is 3.85. The first kappa shape index (κ1) is 13.1. The highest BCUT2D eigenvalue weighted by atomic mass is 32.1. The highest BCUT2D eigenvalue weighted by molar-refractivity contribution is 7.09. The van der Waals surface area contributed by atoms with Gasteiger partial charge in [0.15, 0.2) is 0 Å². The van der Waals surface area contributed by atoms with E-state index in [2.05, 4.69) is 20.6 Å². The number of rotatable bonds is 4. The molecule has 1 atom stereocenters. The number of carbonyl (C=O) groups excluding carboxylic acids is 1. The third kappa shape index (κ3) is 3.54. The number of hydrogen-bond donors (Lipinski definition) is 1. The van der Waals surface area contributed by atoms with E-state index >= 15 is 0 Å². The van der Waals surface area contributed by atoms with Crippen LogP contribution in [0.5, 0.6) is 0 Å². The first-order valence-corrected chi connectivity index (χ1v) is 8.02. The van der Waals surface area contributed by atoms with Gasteiger partial charge in [0.05, 0.1) is 16.6 Å². The summed E-state index contributed by atoms with van der Waals surface area (Å²) < 4.78 is 0. The Kier molecular flexibility index (Phi) is 3.84. The van der Waals surface area contributed by atoms with Crippen LogP contribution in [0.15, 0.2) is 5.38 Å². The molecule has 2 fully saturated rings. The standard InChI is InChI=1S/C14H21N3OS/c1-10-15-13(9-19-10)8-17-6-2-3-11(7-17)14(18)16-12-4-5-12/h9,11-12H,2-8H2,1H3,(H,16,18). The van der Waals surface area contributed by atoms with Crippen molar-refractivity contribution in [3.63, 3.8) is 0 Å². The van der Waals surface area contributed by atoms with Crippen molar-refractivity contribution >= 4 is 17.2 Å². The Labute approximate surface area is 118 Å². The average molecular weight is 279 g/mol. The zero-order valence-corrected chi connectivity index (χ0v) is 12.2. The second-order valence-corrected chi connectivity index (χ2v) is 6.78. The Morgan fingerprint density at radius 3 is 3.05 bits per heavy atom. The summed E-state index contributed by atoms with van der Waals surface area (Å²) in [6.07, 6.45) is 4.48. The molecular weight excluding hydrogens is 258 g/mol. The summed E-state index contributed by atoms with van der Waals surface area (Å²) in [7, 11) is 0. The van der Waals surface area contributed by atoms with Crippen molar-refractivity contribution in [1.82, 2.24) is 15.2 Å². The van der Waals surface area contributed by atoms with E-state index in [1.54, 1.807) is 11.3 Å². The second kappa shape index (κ2) is 5.59. The van der Waals surface area contributed by atoms with Gasteiger partial charge in [0.2, 0.25) is 5.91 Å². The molecular formula is C14H21N3OS. The van der Waals surface area contributed by atoms with Crippen molar-refractivity contribution in [3.05, 3.63) is 16.1 Å². The Morgan fingerprint density at radius 1 is 1.53 bits per heavy atom. The van der Waals surface area contributed by atoms with Crippen molar-refractivity contribution in [1.29, 1.82) is 0 Å². The molecule has 1 N–H and O–H groups in total. The molecule has 1 unspecified atom stereocenters. The lowest BCUT2D eigenvalue weighted by Gasteiger charge is -2.31. The van der Waals surface area contributed by atoms with Crippen LogP contribution in [0.25, 0.3) is 0 Å². The number of piperidine rings is 1. The molecule has 1 saturated carbocycles. The summed E-state index contributed by atoms with van der Waals surface area (Å²) in [6.45, 7) is 4.90. The SMILES string of the molecule is Cc1nc(CN2CCCC(C(=O)NC3CC3)C2)cs1. The van der Waals surface area contributed by atoms with Crippen LogP contribution in [0, 0.1) is 12.8 Å². The van der Waals surface area contributed by atoms with Crippen molar-refractivity contribution in [2.75, 3.05) is 13.1 Å². The van der Waals surface area contributed by atoms with Crippen molar-refractivity contribution in [2.24, 2.45) is 5.92 Å². The molecule has 0 radical (unpaired) electrons. The van der Waals surface area contributed by atoms with Crippen molar-refractivity contribution < 1.29 is 4.79 Å². The molecule has 1 saturated heterocycles. The van der Waals surface area contributed by atoms with E-state index in [9.17, 15) is 4.79 Å². The minimum Gasteiger partial charge on any atom is -0.353 e. The molecule has 4 nitrogen and oxygen atoms in total. The van der Waals surface area contributed by atoms with Crippen LogP contribution in [0.4, 0.5) is 0 Å². The van der Waals surface area contributed by atoms with Gasteiger partial charge in [-0.25, -0.2) is 4.98 Å². The average Bonchev–Trinajstić information content (AvgIpc) is 3.12. The van der Waals surface area contributed by atoms with Crippen LogP contribution in [0.1, 0.15) is 36.4 Å². The van der Waals surface area contributed by atoms with Crippen molar-refractivity contribution in [3.8, 4) is 0 Å². The van der Waals surface area contributed by atoms with Crippen LogP contribution in [-0.4, -0.2) is 34.9 Å². The van der Waals surface area contributed by atoms with Gasteiger partial charge in [-0.05, 0) is 39.2 Å². The van der Waals surface area contributed by atoms with Gasteiger partial charge in [0, 0.05) is 24.5 Å². The van der Waals surface area contributed by atoms with Gasteiger partial charge in [0.1, 0.15) is 0 Å². The van der Waals surface area contributed by atoms with Gasteiger partial charge in [-0.2, -0.15) is 0 Å². The highest BCUT2D eigenvalue weighted by Crippen LogP contribution is 2.23. The molecule has 1 amide bonds. The summed E-state index contributed by atoms with van der Waals surface area (Å²) in [6, 6.07) is 0.476. The van der Waals surface area contributed by atoms with Crippen LogP contribution < -0.4 is 5.32 Å². The summed E-state index contributed by atoms with van der Waals surface area (Å²) in [5.41, 5.74) is 1.14. The van der Waals surface area contributed by atoms with Crippen LogP contribution in [-0.2, 0) is 11.3 Å². The smallest absolute Gasteiger partial charge is 0.224 e. The first-order valence-electron chi connectivity index (χ1n) is 7.14. The molecule has 0 bridgehead atoms. The Bertz CT molecular complexity index is 455. The molecule has 3 rings (SSSR count). The summed E-state index contributed by atoms with van der Waals surface area (Å²) >= 11 is 1.70. The van der Waals surface area contributed by atoms with Gasteiger partial charge in [-0.1, -0.05) is 0 Å². The zero-order valence-electron chi connectivity index (χ0n) is 11.4. The van der Waals surface area contributed by atoms with E-state index in [0.29, 0.717) is 6.04 Å². The van der Waals surface area contributed by atoms with E-state index in [4.69, 9.17) is 0 Å². The van der Waals surface area contributed by atoms with E-state index in [1.807, 2.05) is 6.92 Å². The number of aromatic nitrogens is 1. The number of hydrogen-bond acceptors (Lipinski definition) is 4. The van der Waals surface area contributed by atoms with Gasteiger partial charge in [-0.15, -0.1) is 11.3 Å². The van der Waals surface area contributed by atoms with Gasteiger partial charge >= 0.3 is 0 Å². The number of carbonyl (C=O) groups is 1. The Morgan fingerprint density at radius 2 is 2.37 bits per heavy atom. The lowest BCUT2D eigenvalue weighted by atomic mass is 9.97. The Balaban J connectivity index is 1.53. The summed E-state index contributed by atoms with van der Waals surface area (Å²) in [5.74, 6) is 0.441. The maximum absolute atomic E-state index is 12.1. The summed E-state index contributed by atoms with van der Waals surface area (Å²) in [5, 5.41) is 6.38. The fourth-order valence-electron chi connectivity index (χ4n) is 2.67. The summed E-state index contributed by atoms with van der Waals surface area (Å²) in [4.78, 5) is 19.0. The number of nitrogens with zero attached hydrogens (tertiary/aromatic N) is 2. The fourth-order valence-corrected chi connectivity index (χ4v) is 3.27. The lowest BCUT2D eigenvalue weighted by molar-refractivity contribution is -0.126. The zero-order chi connectivity index (χ0) is 13.2. The number of nitrogens with one attached hydrogen (secondary N) is 1. The molecule has 2 heterocycles. The van der Waals surface area contributed by atoms with E-state index in [1.165, 1.54) is 12.8 Å². The predicted molar refractivity (Wildman–Crippen MR) is 76.0 cm³/mol. The van der Waals surface area contributed by atoms with Crippen LogP contribution in [0.2, 0.25) is 0 Å². The molecule has 104 valence electrons. The molecule has 1 aromatic rings. The van der Waals surface area contributed by atoms with Crippen LogP contribution in [0.3, 0.4) is 0 Å². The molecule has 1 aliphatic carbocycles. The molecule has 2 aliphatic rings. The van der Waals surface area contributed by atoms with Crippen LogP contribution >= 0.6 is 11.3 Å². The second-order valence-electron chi connectivity index (χ2n) is 5.71. The molecule has 5 heteroatoms. The van der Waals surface area contributed by atoms with E-state index < -0.39 is 0 Å². The topological polar surface area (TPSA) is 45.2 Å². The number of likely N-dealkylation sites (tertiary alicyclic amines) is 1. The normalized spacial score (nSPS) is 24.4. The van der Waals surface area contributed by atoms with Gasteiger partial charge in [-0.3, -0.25) is 9.69 Å². The third-order valence-corrected chi connectivity index (χ3v) is 4.67. The minimum absolute atomic E-state index is 0.175. The molecule has 19 heavy (non-hydrogen) atoms. The first-order chi connectivity index (χ1) is 9.20. The largest absolute Gasteiger partial charge is 0.353 e. The quantitative estimate of drug-likeness (QED) is 0.916. The number of aryl methyl sites for hydroxylation is 1. The minimum atomic E-state index is 0.175. The predicted octanol–water partition coefficient (Wildman–Crippen LogP) is 1.94. The maximum atomic E-state index is 12.1. The van der Waals surface area contributed by atoms with Crippen molar-refractivity contribution in [2.45, 2.75) is 45.2 Å².